The molecule has 0 radical (unpaired) electrons. The Bertz CT molecular complexity index is 257. The third-order valence-corrected chi connectivity index (χ3v) is 3.87. The van der Waals surface area contributed by atoms with Crippen molar-refractivity contribution in [2.45, 2.75) is 33.2 Å². The fourth-order valence-electron chi connectivity index (χ4n) is 0.950. The highest BCUT2D eigenvalue weighted by atomic mass is 35.5. The summed E-state index contributed by atoms with van der Waals surface area (Å²) in [5.41, 5.74) is 0. The van der Waals surface area contributed by atoms with E-state index in [1.165, 1.54) is 4.31 Å². The lowest BCUT2D eigenvalue weighted by atomic mass is 10.4. The Labute approximate surface area is 106 Å². The molecule has 0 saturated carbocycles. The molecule has 0 aromatic carbocycles. The molecule has 0 aromatic heterocycles. The predicted octanol–water partition coefficient (Wildman–Crippen LogP) is 0.582. The van der Waals surface area contributed by atoms with E-state index in [2.05, 4.69) is 17.0 Å². The Kier molecular flexibility index (Phi) is 10.6. The van der Waals surface area contributed by atoms with E-state index in [9.17, 15) is 8.42 Å². The first-order valence-electron chi connectivity index (χ1n) is 5.35. The van der Waals surface area contributed by atoms with E-state index >= 15 is 0 Å². The molecular weight excluding hydrogens is 250 g/mol. The van der Waals surface area contributed by atoms with Gasteiger partial charge in [-0.05, 0) is 26.8 Å². The van der Waals surface area contributed by atoms with Crippen LogP contribution in [0, 0.1) is 0 Å². The maximum Gasteiger partial charge on any atom is 0.279 e. The molecule has 0 fully saturated rings. The lowest BCUT2D eigenvalue weighted by Crippen LogP contribution is -2.44. The predicted molar refractivity (Wildman–Crippen MR) is 70.2 cm³/mol. The lowest BCUT2D eigenvalue weighted by Gasteiger charge is -2.21. The standard InChI is InChI=1S/C9H23N3O2S.ClH/c1-5-6-10-7-8-11-15(13,14)12(4)9(2)3;/h9-11H,5-8H2,1-4H3;1H. The van der Waals surface area contributed by atoms with Gasteiger partial charge in [-0.25, -0.2) is 4.72 Å². The molecule has 0 aliphatic rings. The molecular formula is C9H24ClN3O2S. The number of rotatable bonds is 8. The van der Waals surface area contributed by atoms with Gasteiger partial charge in [-0.15, -0.1) is 12.4 Å². The second-order valence-electron chi connectivity index (χ2n) is 3.76. The molecule has 0 atom stereocenters. The lowest BCUT2D eigenvalue weighted by molar-refractivity contribution is 0.402. The van der Waals surface area contributed by atoms with Crippen molar-refractivity contribution in [3.05, 3.63) is 0 Å². The van der Waals surface area contributed by atoms with Gasteiger partial charge in [-0.1, -0.05) is 6.92 Å². The second-order valence-corrected chi connectivity index (χ2v) is 5.57. The van der Waals surface area contributed by atoms with Crippen LogP contribution in [0.2, 0.25) is 0 Å². The van der Waals surface area contributed by atoms with E-state index in [0.29, 0.717) is 13.1 Å². The molecule has 0 aromatic rings. The molecule has 0 rings (SSSR count). The molecule has 0 aliphatic heterocycles. The van der Waals surface area contributed by atoms with Crippen molar-refractivity contribution in [2.24, 2.45) is 0 Å². The zero-order chi connectivity index (χ0) is 11.9. The summed E-state index contributed by atoms with van der Waals surface area (Å²) < 4.78 is 27.0. The first-order chi connectivity index (χ1) is 6.91. The monoisotopic (exact) mass is 273 g/mol. The van der Waals surface area contributed by atoms with Crippen molar-refractivity contribution in [1.82, 2.24) is 14.3 Å². The molecule has 0 aliphatic carbocycles. The number of hydrogen-bond acceptors (Lipinski definition) is 3. The zero-order valence-electron chi connectivity index (χ0n) is 10.5. The SMILES string of the molecule is CCCNCCNS(=O)(=O)N(C)C(C)C.Cl. The van der Waals surface area contributed by atoms with Crippen molar-refractivity contribution in [3.8, 4) is 0 Å². The Morgan fingerprint density at radius 2 is 1.75 bits per heavy atom. The highest BCUT2D eigenvalue weighted by molar-refractivity contribution is 7.87. The van der Waals surface area contributed by atoms with Gasteiger partial charge in [-0.3, -0.25) is 0 Å². The van der Waals surface area contributed by atoms with Gasteiger partial charge >= 0.3 is 0 Å². The fraction of sp³-hybridized carbons (Fsp3) is 1.00. The zero-order valence-corrected chi connectivity index (χ0v) is 12.1. The summed E-state index contributed by atoms with van der Waals surface area (Å²) >= 11 is 0. The molecule has 0 bridgehead atoms. The maximum absolute atomic E-state index is 11.6. The number of halogens is 1. The van der Waals surface area contributed by atoms with Gasteiger partial charge < -0.3 is 5.32 Å². The van der Waals surface area contributed by atoms with Crippen molar-refractivity contribution in [2.75, 3.05) is 26.7 Å². The summed E-state index contributed by atoms with van der Waals surface area (Å²) in [4.78, 5) is 0. The number of hydrogen-bond donors (Lipinski definition) is 2. The van der Waals surface area contributed by atoms with E-state index in [1.807, 2.05) is 13.8 Å². The minimum absolute atomic E-state index is 0. The van der Waals surface area contributed by atoms with E-state index in [4.69, 9.17) is 0 Å². The minimum atomic E-state index is -3.30. The molecule has 7 heteroatoms. The molecule has 16 heavy (non-hydrogen) atoms. The van der Waals surface area contributed by atoms with Gasteiger partial charge in [0.1, 0.15) is 0 Å². The normalized spacial score (nSPS) is 11.9. The van der Waals surface area contributed by atoms with E-state index in [1.54, 1.807) is 7.05 Å². The molecule has 100 valence electrons. The van der Waals surface area contributed by atoms with Gasteiger partial charge in [0.2, 0.25) is 0 Å². The van der Waals surface area contributed by atoms with Crippen LogP contribution in [0.1, 0.15) is 27.2 Å². The summed E-state index contributed by atoms with van der Waals surface area (Å²) in [5.74, 6) is 0. The quantitative estimate of drug-likeness (QED) is 0.636. The third kappa shape index (κ3) is 7.40. The summed E-state index contributed by atoms with van der Waals surface area (Å²) in [7, 11) is -1.73. The average Bonchev–Trinajstić information content (AvgIpc) is 2.16. The number of nitrogens with zero attached hydrogens (tertiary/aromatic N) is 1. The molecule has 0 unspecified atom stereocenters. The molecule has 0 heterocycles. The van der Waals surface area contributed by atoms with Crippen molar-refractivity contribution in [3.63, 3.8) is 0 Å². The summed E-state index contributed by atoms with van der Waals surface area (Å²) in [6, 6.07) is -0.0221. The van der Waals surface area contributed by atoms with Crippen LogP contribution in [-0.4, -0.2) is 45.4 Å². The maximum atomic E-state index is 11.6. The Morgan fingerprint density at radius 1 is 1.19 bits per heavy atom. The van der Waals surface area contributed by atoms with E-state index in [-0.39, 0.29) is 18.4 Å². The smallest absolute Gasteiger partial charge is 0.279 e. The van der Waals surface area contributed by atoms with Crippen molar-refractivity contribution < 1.29 is 8.42 Å². The van der Waals surface area contributed by atoms with Gasteiger partial charge in [-0.2, -0.15) is 12.7 Å². The number of nitrogens with one attached hydrogen (secondary N) is 2. The van der Waals surface area contributed by atoms with Crippen LogP contribution in [0.3, 0.4) is 0 Å². The minimum Gasteiger partial charge on any atom is -0.315 e. The summed E-state index contributed by atoms with van der Waals surface area (Å²) in [6.45, 7) is 7.77. The van der Waals surface area contributed by atoms with Gasteiger partial charge in [0, 0.05) is 26.2 Å². The van der Waals surface area contributed by atoms with Crippen LogP contribution < -0.4 is 10.0 Å². The van der Waals surface area contributed by atoms with Crippen molar-refractivity contribution in [1.29, 1.82) is 0 Å². The first kappa shape index (κ1) is 18.5. The summed E-state index contributed by atoms with van der Waals surface area (Å²) in [6.07, 6.45) is 1.05. The Balaban J connectivity index is 0. The van der Waals surface area contributed by atoms with Crippen LogP contribution >= 0.6 is 12.4 Å². The third-order valence-electron chi connectivity index (χ3n) is 2.12. The van der Waals surface area contributed by atoms with Gasteiger partial charge in [0.25, 0.3) is 10.2 Å². The van der Waals surface area contributed by atoms with Crippen LogP contribution in [0.4, 0.5) is 0 Å². The molecule has 0 saturated heterocycles. The topological polar surface area (TPSA) is 61.4 Å². The van der Waals surface area contributed by atoms with Crippen molar-refractivity contribution >= 4 is 22.6 Å². The molecule has 0 amide bonds. The van der Waals surface area contributed by atoms with Crippen LogP contribution in [0.25, 0.3) is 0 Å². The molecule has 5 nitrogen and oxygen atoms in total. The highest BCUT2D eigenvalue weighted by Crippen LogP contribution is 1.99. The second kappa shape index (κ2) is 9.18. The molecule has 2 N–H and O–H groups in total. The Morgan fingerprint density at radius 3 is 2.19 bits per heavy atom. The highest BCUT2D eigenvalue weighted by Gasteiger charge is 2.18. The van der Waals surface area contributed by atoms with Gasteiger partial charge in [0.15, 0.2) is 0 Å². The van der Waals surface area contributed by atoms with Crippen LogP contribution in [0.15, 0.2) is 0 Å². The van der Waals surface area contributed by atoms with E-state index < -0.39 is 10.2 Å². The first-order valence-corrected chi connectivity index (χ1v) is 6.79. The van der Waals surface area contributed by atoms with Crippen LogP contribution in [-0.2, 0) is 10.2 Å². The molecule has 0 spiro atoms. The summed E-state index contributed by atoms with van der Waals surface area (Å²) in [5, 5.41) is 3.13. The average molecular weight is 274 g/mol. The largest absolute Gasteiger partial charge is 0.315 e. The van der Waals surface area contributed by atoms with Gasteiger partial charge in [0.05, 0.1) is 0 Å². The van der Waals surface area contributed by atoms with Crippen LogP contribution in [0.5, 0.6) is 0 Å². The fourth-order valence-corrected chi connectivity index (χ4v) is 2.07. The van der Waals surface area contributed by atoms with E-state index in [0.717, 1.165) is 13.0 Å². The Hall–Kier alpha value is 0.120.